The van der Waals surface area contributed by atoms with Crippen LogP contribution in [0, 0.1) is 5.82 Å². The molecule has 1 saturated heterocycles. The van der Waals surface area contributed by atoms with Crippen LogP contribution in [0.2, 0.25) is 0 Å². The Morgan fingerprint density at radius 2 is 2.20 bits per heavy atom. The molecule has 1 fully saturated rings. The Kier molecular flexibility index (Phi) is 5.50. The molecule has 7 nitrogen and oxygen atoms in total. The lowest BCUT2D eigenvalue weighted by molar-refractivity contribution is -0.116. The number of hydrogen-bond donors (Lipinski definition) is 2. The SMILES string of the molecule is C=C(C(=O)NC1CCN(C)[C@@H](c2nc3ccc(F)cc3[nH]2)C1)c1ccc(OC)nc1. The number of likely N-dealkylation sites (tertiary alicyclic amines) is 1. The number of fused-ring (bicyclic) bond motifs is 1. The van der Waals surface area contributed by atoms with Crippen LogP contribution in [0.15, 0.2) is 43.1 Å². The van der Waals surface area contributed by atoms with Gasteiger partial charge < -0.3 is 15.0 Å². The van der Waals surface area contributed by atoms with Crippen LogP contribution in [-0.4, -0.2) is 52.5 Å². The lowest BCUT2D eigenvalue weighted by Crippen LogP contribution is -2.45. The number of carbonyl (C=O) groups excluding carboxylic acids is 1. The van der Waals surface area contributed by atoms with E-state index in [0.717, 1.165) is 24.3 Å². The highest BCUT2D eigenvalue weighted by Gasteiger charge is 2.30. The molecule has 0 radical (unpaired) electrons. The molecule has 0 spiro atoms. The number of hydrogen-bond acceptors (Lipinski definition) is 5. The average Bonchev–Trinajstić information content (AvgIpc) is 3.17. The zero-order valence-electron chi connectivity index (χ0n) is 17.0. The Bertz CT molecular complexity index is 1080. The molecule has 156 valence electrons. The third-order valence-electron chi connectivity index (χ3n) is 5.55. The topological polar surface area (TPSA) is 83.1 Å². The number of aromatic nitrogens is 3. The van der Waals surface area contributed by atoms with Gasteiger partial charge in [0, 0.05) is 36.0 Å². The second kappa shape index (κ2) is 8.23. The number of imidazole rings is 1. The average molecular weight is 409 g/mol. The summed E-state index contributed by atoms with van der Waals surface area (Å²) in [6, 6.07) is 7.95. The number of carbonyl (C=O) groups is 1. The van der Waals surface area contributed by atoms with Gasteiger partial charge in [-0.3, -0.25) is 9.69 Å². The first kappa shape index (κ1) is 20.0. The predicted molar refractivity (Wildman–Crippen MR) is 112 cm³/mol. The molecule has 30 heavy (non-hydrogen) atoms. The third-order valence-corrected chi connectivity index (χ3v) is 5.55. The number of pyridine rings is 1. The van der Waals surface area contributed by atoms with Crippen LogP contribution in [-0.2, 0) is 4.79 Å². The zero-order chi connectivity index (χ0) is 21.3. The van der Waals surface area contributed by atoms with Crippen molar-refractivity contribution in [1.82, 2.24) is 25.2 Å². The Morgan fingerprint density at radius 1 is 1.37 bits per heavy atom. The minimum absolute atomic E-state index is 0.00423. The molecular formula is C22H24FN5O2. The Hall–Kier alpha value is -3.26. The standard InChI is InChI=1S/C22H24FN5O2/c1-13(14-4-7-20(30-3)24-12-14)22(29)25-16-8-9-28(2)19(11-16)21-26-17-6-5-15(23)10-18(17)27-21/h4-7,10,12,16,19H,1,8-9,11H2,2-3H3,(H,25,29)(H,26,27)/t16?,19-/m1/s1. The zero-order valence-corrected chi connectivity index (χ0v) is 17.0. The number of nitrogens with one attached hydrogen (secondary N) is 2. The summed E-state index contributed by atoms with van der Waals surface area (Å²) in [6.07, 6.45) is 3.09. The van der Waals surface area contributed by atoms with Crippen molar-refractivity contribution < 1.29 is 13.9 Å². The van der Waals surface area contributed by atoms with E-state index in [1.807, 2.05) is 7.05 Å². The number of ether oxygens (including phenoxy) is 1. The Morgan fingerprint density at radius 3 is 2.93 bits per heavy atom. The first-order valence-electron chi connectivity index (χ1n) is 9.80. The van der Waals surface area contributed by atoms with Gasteiger partial charge in [-0.1, -0.05) is 6.58 Å². The summed E-state index contributed by atoms with van der Waals surface area (Å²) in [5.41, 5.74) is 2.41. The summed E-state index contributed by atoms with van der Waals surface area (Å²) < 4.78 is 18.6. The maximum absolute atomic E-state index is 13.5. The van der Waals surface area contributed by atoms with Crippen molar-refractivity contribution in [3.8, 4) is 5.88 Å². The monoisotopic (exact) mass is 409 g/mol. The molecule has 4 rings (SSSR count). The molecule has 2 N–H and O–H groups in total. The van der Waals surface area contributed by atoms with E-state index in [4.69, 9.17) is 4.74 Å². The third kappa shape index (κ3) is 4.04. The van der Waals surface area contributed by atoms with Gasteiger partial charge >= 0.3 is 0 Å². The maximum atomic E-state index is 13.5. The number of nitrogens with zero attached hydrogens (tertiary/aromatic N) is 3. The summed E-state index contributed by atoms with van der Waals surface area (Å²) in [7, 11) is 3.57. The molecule has 1 aliphatic rings. The van der Waals surface area contributed by atoms with Crippen molar-refractivity contribution in [2.45, 2.75) is 24.9 Å². The van der Waals surface area contributed by atoms with Gasteiger partial charge in [0.2, 0.25) is 5.88 Å². The molecule has 0 saturated carbocycles. The minimum Gasteiger partial charge on any atom is -0.481 e. The first-order valence-corrected chi connectivity index (χ1v) is 9.80. The highest BCUT2D eigenvalue weighted by Crippen LogP contribution is 2.30. The molecule has 3 heterocycles. The molecule has 0 aliphatic carbocycles. The molecule has 1 aromatic carbocycles. The van der Waals surface area contributed by atoms with E-state index in [9.17, 15) is 9.18 Å². The predicted octanol–water partition coefficient (Wildman–Crippen LogP) is 3.07. The molecule has 2 atom stereocenters. The van der Waals surface area contributed by atoms with Crippen molar-refractivity contribution in [3.05, 3.63) is 60.3 Å². The normalized spacial score (nSPS) is 19.6. The summed E-state index contributed by atoms with van der Waals surface area (Å²) in [4.78, 5) is 26.9. The van der Waals surface area contributed by atoms with Crippen LogP contribution in [0.3, 0.4) is 0 Å². The van der Waals surface area contributed by atoms with Crippen LogP contribution in [0.25, 0.3) is 16.6 Å². The molecule has 1 aliphatic heterocycles. The molecule has 0 bridgehead atoms. The lowest BCUT2D eigenvalue weighted by atomic mass is 9.96. The quantitative estimate of drug-likeness (QED) is 0.633. The van der Waals surface area contributed by atoms with Gasteiger partial charge in [0.15, 0.2) is 0 Å². The second-order valence-corrected chi connectivity index (χ2v) is 7.54. The fourth-order valence-corrected chi connectivity index (χ4v) is 3.78. The Labute approximate surface area is 174 Å². The van der Waals surface area contributed by atoms with Crippen molar-refractivity contribution in [2.24, 2.45) is 0 Å². The number of benzene rings is 1. The van der Waals surface area contributed by atoms with Gasteiger partial charge in [0.05, 0.1) is 24.2 Å². The number of halogens is 1. The number of aromatic amines is 1. The molecule has 2 aromatic heterocycles. The largest absolute Gasteiger partial charge is 0.481 e. The van der Waals surface area contributed by atoms with E-state index >= 15 is 0 Å². The van der Waals surface area contributed by atoms with Crippen LogP contribution >= 0.6 is 0 Å². The maximum Gasteiger partial charge on any atom is 0.251 e. The van der Waals surface area contributed by atoms with E-state index in [1.54, 1.807) is 31.5 Å². The summed E-state index contributed by atoms with van der Waals surface area (Å²) in [5.74, 6) is 0.736. The number of piperidine rings is 1. The smallest absolute Gasteiger partial charge is 0.251 e. The van der Waals surface area contributed by atoms with E-state index in [1.165, 1.54) is 12.1 Å². The molecule has 1 amide bonds. The van der Waals surface area contributed by atoms with Crippen molar-refractivity contribution in [2.75, 3.05) is 20.7 Å². The van der Waals surface area contributed by atoms with Gasteiger partial charge in [-0.25, -0.2) is 14.4 Å². The van der Waals surface area contributed by atoms with Crippen LogP contribution in [0.4, 0.5) is 4.39 Å². The summed E-state index contributed by atoms with van der Waals surface area (Å²) in [6.45, 7) is 4.72. The van der Waals surface area contributed by atoms with Gasteiger partial charge in [0.1, 0.15) is 11.6 Å². The summed E-state index contributed by atoms with van der Waals surface area (Å²) >= 11 is 0. The van der Waals surface area contributed by atoms with Crippen molar-refractivity contribution in [1.29, 1.82) is 0 Å². The van der Waals surface area contributed by atoms with E-state index in [2.05, 4.69) is 31.7 Å². The molecule has 8 heteroatoms. The van der Waals surface area contributed by atoms with Gasteiger partial charge in [-0.2, -0.15) is 0 Å². The van der Waals surface area contributed by atoms with Gasteiger partial charge in [-0.05, 0) is 44.2 Å². The number of H-pyrrole nitrogens is 1. The number of methoxy groups -OCH3 is 1. The van der Waals surface area contributed by atoms with Gasteiger partial charge in [0.25, 0.3) is 5.91 Å². The molecular weight excluding hydrogens is 385 g/mol. The van der Waals surface area contributed by atoms with Crippen LogP contribution in [0.1, 0.15) is 30.3 Å². The lowest BCUT2D eigenvalue weighted by Gasteiger charge is -2.36. The fourth-order valence-electron chi connectivity index (χ4n) is 3.78. The fraction of sp³-hybridized carbons (Fsp3) is 0.318. The van der Waals surface area contributed by atoms with Crippen LogP contribution < -0.4 is 10.1 Å². The minimum atomic E-state index is -0.300. The van der Waals surface area contributed by atoms with Crippen LogP contribution in [0.5, 0.6) is 5.88 Å². The summed E-state index contributed by atoms with van der Waals surface area (Å²) in [5, 5.41) is 3.08. The second-order valence-electron chi connectivity index (χ2n) is 7.54. The van der Waals surface area contributed by atoms with Crippen molar-refractivity contribution in [3.63, 3.8) is 0 Å². The van der Waals surface area contributed by atoms with Crippen molar-refractivity contribution >= 4 is 22.5 Å². The highest BCUT2D eigenvalue weighted by molar-refractivity contribution is 6.18. The number of rotatable bonds is 5. The van der Waals surface area contributed by atoms with E-state index < -0.39 is 0 Å². The van der Waals surface area contributed by atoms with E-state index in [-0.39, 0.29) is 23.8 Å². The molecule has 1 unspecified atom stereocenters. The Balaban J connectivity index is 1.45. The highest BCUT2D eigenvalue weighted by atomic mass is 19.1. The molecule has 3 aromatic rings. The number of amides is 1. The first-order chi connectivity index (χ1) is 14.4. The van der Waals surface area contributed by atoms with E-state index in [0.29, 0.717) is 29.0 Å². The van der Waals surface area contributed by atoms with Gasteiger partial charge in [-0.15, -0.1) is 0 Å².